The van der Waals surface area contributed by atoms with Crippen LogP contribution < -0.4 is 15.8 Å². The Morgan fingerprint density at radius 3 is 2.62 bits per heavy atom. The van der Waals surface area contributed by atoms with Gasteiger partial charge in [0.15, 0.2) is 5.96 Å². The molecule has 3 N–H and O–H groups in total. The largest absolute Gasteiger partial charge is 0.457 e. The van der Waals surface area contributed by atoms with E-state index in [-0.39, 0.29) is 0 Å². The van der Waals surface area contributed by atoms with Crippen LogP contribution in [-0.2, 0) is 6.42 Å². The maximum absolute atomic E-state index is 5.99. The standard InChI is InChI=1S/C20H22N4OS/c1-14-15(2)26-19(23-14)11-12-22-20(21)24-16-7-6-10-18(13-16)25-17-8-4-3-5-9-17/h3-10,13H,11-12H2,1-2H3,(H3,21,22,24). The summed E-state index contributed by atoms with van der Waals surface area (Å²) in [5.74, 6) is 1.91. The van der Waals surface area contributed by atoms with Crippen molar-refractivity contribution in [3.05, 3.63) is 70.2 Å². The van der Waals surface area contributed by atoms with Crippen molar-refractivity contribution >= 4 is 23.0 Å². The number of anilines is 1. The number of aliphatic imine (C=N–C) groups is 1. The summed E-state index contributed by atoms with van der Waals surface area (Å²) in [6.07, 6.45) is 0.791. The van der Waals surface area contributed by atoms with E-state index in [9.17, 15) is 0 Å². The van der Waals surface area contributed by atoms with Gasteiger partial charge in [-0.1, -0.05) is 24.3 Å². The molecular weight excluding hydrogens is 344 g/mol. The third-order valence-electron chi connectivity index (χ3n) is 3.77. The number of thiazole rings is 1. The van der Waals surface area contributed by atoms with Gasteiger partial charge in [-0.05, 0) is 38.1 Å². The van der Waals surface area contributed by atoms with Gasteiger partial charge in [-0.3, -0.25) is 4.99 Å². The fourth-order valence-corrected chi connectivity index (χ4v) is 3.29. The van der Waals surface area contributed by atoms with E-state index in [2.05, 4.69) is 22.2 Å². The number of guanidine groups is 1. The minimum Gasteiger partial charge on any atom is -0.457 e. The molecule has 3 rings (SSSR count). The smallest absolute Gasteiger partial charge is 0.193 e. The van der Waals surface area contributed by atoms with Crippen LogP contribution in [0.1, 0.15) is 15.6 Å². The highest BCUT2D eigenvalue weighted by Crippen LogP contribution is 2.23. The minimum atomic E-state index is 0.381. The molecule has 2 aromatic carbocycles. The number of hydrogen-bond donors (Lipinski definition) is 2. The van der Waals surface area contributed by atoms with Crippen molar-refractivity contribution in [3.8, 4) is 11.5 Å². The highest BCUT2D eigenvalue weighted by molar-refractivity contribution is 7.11. The lowest BCUT2D eigenvalue weighted by molar-refractivity contribution is 0.483. The van der Waals surface area contributed by atoms with Crippen LogP contribution in [0.15, 0.2) is 59.6 Å². The first kappa shape index (κ1) is 17.9. The van der Waals surface area contributed by atoms with Crippen LogP contribution in [0.3, 0.4) is 0 Å². The van der Waals surface area contributed by atoms with Gasteiger partial charge in [-0.15, -0.1) is 11.3 Å². The van der Waals surface area contributed by atoms with Crippen LogP contribution >= 0.6 is 11.3 Å². The van der Waals surface area contributed by atoms with Crippen LogP contribution in [-0.4, -0.2) is 17.5 Å². The van der Waals surface area contributed by atoms with E-state index in [0.717, 1.165) is 34.3 Å². The summed E-state index contributed by atoms with van der Waals surface area (Å²) in [5, 5.41) is 4.19. The molecule has 26 heavy (non-hydrogen) atoms. The molecule has 0 bridgehead atoms. The van der Waals surface area contributed by atoms with Crippen LogP contribution in [0, 0.1) is 13.8 Å². The van der Waals surface area contributed by atoms with E-state index in [0.29, 0.717) is 12.5 Å². The number of nitrogens with zero attached hydrogens (tertiary/aromatic N) is 2. The number of rotatable bonds is 6. The summed E-state index contributed by atoms with van der Waals surface area (Å²) in [5.41, 5.74) is 7.92. The average Bonchev–Trinajstić information content (AvgIpc) is 2.94. The predicted molar refractivity (Wildman–Crippen MR) is 108 cm³/mol. The van der Waals surface area contributed by atoms with Crippen LogP contribution in [0.25, 0.3) is 0 Å². The van der Waals surface area contributed by atoms with E-state index in [1.165, 1.54) is 4.88 Å². The molecule has 0 spiro atoms. The molecule has 0 atom stereocenters. The molecule has 6 heteroatoms. The first-order chi connectivity index (χ1) is 12.6. The molecule has 1 heterocycles. The molecule has 134 valence electrons. The van der Waals surface area contributed by atoms with E-state index in [1.54, 1.807) is 11.3 Å². The molecule has 0 amide bonds. The minimum absolute atomic E-state index is 0.381. The topological polar surface area (TPSA) is 72.5 Å². The van der Waals surface area contributed by atoms with Crippen molar-refractivity contribution in [1.29, 1.82) is 0 Å². The van der Waals surface area contributed by atoms with E-state index in [4.69, 9.17) is 10.5 Å². The van der Waals surface area contributed by atoms with Crippen LogP contribution in [0.5, 0.6) is 11.5 Å². The number of ether oxygens (including phenoxy) is 1. The maximum atomic E-state index is 5.99. The highest BCUT2D eigenvalue weighted by Gasteiger charge is 2.03. The molecule has 0 fully saturated rings. The SMILES string of the molecule is Cc1nc(CCN=C(N)Nc2cccc(Oc3ccccc3)c2)sc1C. The molecule has 5 nitrogen and oxygen atoms in total. The molecule has 0 saturated carbocycles. The number of aromatic nitrogens is 1. The van der Waals surface area contributed by atoms with Crippen molar-refractivity contribution in [2.45, 2.75) is 20.3 Å². The van der Waals surface area contributed by atoms with Crippen molar-refractivity contribution in [2.24, 2.45) is 10.7 Å². The summed E-state index contributed by atoms with van der Waals surface area (Å²) in [4.78, 5) is 10.1. The monoisotopic (exact) mass is 366 g/mol. The molecule has 0 unspecified atom stereocenters. The Balaban J connectivity index is 1.56. The van der Waals surface area contributed by atoms with Crippen LogP contribution in [0.4, 0.5) is 5.69 Å². The normalized spacial score (nSPS) is 11.4. The zero-order chi connectivity index (χ0) is 18.4. The number of hydrogen-bond acceptors (Lipinski definition) is 4. The second-order valence-corrected chi connectivity index (χ2v) is 7.12. The summed E-state index contributed by atoms with van der Waals surface area (Å²) >= 11 is 1.71. The lowest BCUT2D eigenvalue weighted by Gasteiger charge is -2.09. The van der Waals surface area contributed by atoms with Crippen molar-refractivity contribution < 1.29 is 4.74 Å². The molecular formula is C20H22N4OS. The Labute approximate surface area is 157 Å². The molecule has 1 aromatic heterocycles. The third-order valence-corrected chi connectivity index (χ3v) is 4.90. The Morgan fingerprint density at radius 1 is 1.12 bits per heavy atom. The van der Waals surface area contributed by atoms with Gasteiger partial charge >= 0.3 is 0 Å². The number of benzene rings is 2. The van der Waals surface area contributed by atoms with Gasteiger partial charge in [-0.25, -0.2) is 4.98 Å². The summed E-state index contributed by atoms with van der Waals surface area (Å²) in [6.45, 7) is 4.71. The van der Waals surface area contributed by atoms with Gasteiger partial charge in [0, 0.05) is 29.6 Å². The van der Waals surface area contributed by atoms with Gasteiger partial charge in [0.05, 0.1) is 10.7 Å². The molecule has 0 aliphatic carbocycles. The van der Waals surface area contributed by atoms with Gasteiger partial charge < -0.3 is 15.8 Å². The third kappa shape index (κ3) is 5.07. The lowest BCUT2D eigenvalue weighted by Crippen LogP contribution is -2.23. The van der Waals surface area contributed by atoms with Gasteiger partial charge in [-0.2, -0.15) is 0 Å². The second-order valence-electron chi connectivity index (χ2n) is 5.83. The Kier molecular flexibility index (Phi) is 5.86. The van der Waals surface area contributed by atoms with Gasteiger partial charge in [0.1, 0.15) is 11.5 Å². The molecule has 3 aromatic rings. The van der Waals surface area contributed by atoms with E-state index < -0.39 is 0 Å². The van der Waals surface area contributed by atoms with Crippen molar-refractivity contribution in [1.82, 2.24) is 4.98 Å². The Morgan fingerprint density at radius 2 is 1.88 bits per heavy atom. The average molecular weight is 366 g/mol. The quantitative estimate of drug-likeness (QED) is 0.497. The fraction of sp³-hybridized carbons (Fsp3) is 0.200. The number of nitrogens with one attached hydrogen (secondary N) is 1. The fourth-order valence-electron chi connectivity index (χ4n) is 2.37. The second kappa shape index (κ2) is 8.49. The number of para-hydroxylation sites is 1. The molecule has 0 aliphatic rings. The number of nitrogens with two attached hydrogens (primary N) is 1. The summed E-state index contributed by atoms with van der Waals surface area (Å²) in [7, 11) is 0. The molecule has 0 radical (unpaired) electrons. The Bertz CT molecular complexity index is 870. The zero-order valence-electron chi connectivity index (χ0n) is 14.9. The first-order valence-electron chi connectivity index (χ1n) is 8.43. The lowest BCUT2D eigenvalue weighted by atomic mass is 10.3. The maximum Gasteiger partial charge on any atom is 0.193 e. The first-order valence-corrected chi connectivity index (χ1v) is 9.24. The van der Waals surface area contributed by atoms with Gasteiger partial charge in [0.2, 0.25) is 0 Å². The Hall–Kier alpha value is -2.86. The summed E-state index contributed by atoms with van der Waals surface area (Å²) < 4.78 is 5.83. The van der Waals surface area contributed by atoms with Crippen molar-refractivity contribution in [2.75, 3.05) is 11.9 Å². The number of aryl methyl sites for hydroxylation is 2. The predicted octanol–water partition coefficient (Wildman–Crippen LogP) is 4.52. The molecule has 0 saturated heterocycles. The van der Waals surface area contributed by atoms with Crippen LogP contribution in [0.2, 0.25) is 0 Å². The van der Waals surface area contributed by atoms with Crippen molar-refractivity contribution in [3.63, 3.8) is 0 Å². The van der Waals surface area contributed by atoms with E-state index in [1.807, 2.05) is 61.5 Å². The highest BCUT2D eigenvalue weighted by atomic mass is 32.1. The van der Waals surface area contributed by atoms with Gasteiger partial charge in [0.25, 0.3) is 0 Å². The van der Waals surface area contributed by atoms with E-state index >= 15 is 0 Å². The molecule has 0 aliphatic heterocycles. The zero-order valence-corrected chi connectivity index (χ0v) is 15.7. The summed E-state index contributed by atoms with van der Waals surface area (Å²) in [6, 6.07) is 17.3.